The fourth-order valence-corrected chi connectivity index (χ4v) is 4.73. The van der Waals surface area contributed by atoms with Gasteiger partial charge in [0.05, 0.1) is 11.0 Å². The highest BCUT2D eigenvalue weighted by molar-refractivity contribution is 7.92. The van der Waals surface area contributed by atoms with Gasteiger partial charge in [-0.05, 0) is 66.9 Å². The highest BCUT2D eigenvalue weighted by Crippen LogP contribution is 2.31. The van der Waals surface area contributed by atoms with E-state index in [1.165, 1.54) is 12.1 Å². The molecule has 1 aliphatic rings. The summed E-state index contributed by atoms with van der Waals surface area (Å²) in [7, 11) is -3.70. The third-order valence-corrected chi connectivity index (χ3v) is 6.89. The van der Waals surface area contributed by atoms with Gasteiger partial charge in [-0.15, -0.1) is 0 Å². The summed E-state index contributed by atoms with van der Waals surface area (Å²) in [5.41, 5.74) is 2.20. The summed E-state index contributed by atoms with van der Waals surface area (Å²) in [6.07, 6.45) is 4.22. The van der Waals surface area contributed by atoms with E-state index in [0.29, 0.717) is 23.8 Å². The van der Waals surface area contributed by atoms with Crippen molar-refractivity contribution >= 4 is 27.3 Å². The van der Waals surface area contributed by atoms with Crippen LogP contribution < -0.4 is 14.8 Å². The molecule has 3 aromatic rings. The molecule has 0 amide bonds. The zero-order chi connectivity index (χ0) is 22.6. The van der Waals surface area contributed by atoms with Crippen LogP contribution in [0.25, 0.3) is 0 Å². The summed E-state index contributed by atoms with van der Waals surface area (Å²) in [5.74, 6) is 0.741. The zero-order valence-electron chi connectivity index (χ0n) is 17.2. The Morgan fingerprint density at radius 2 is 2.00 bits per heavy atom. The molecule has 0 saturated carbocycles. The van der Waals surface area contributed by atoms with Gasteiger partial charge in [0.25, 0.3) is 10.0 Å². The van der Waals surface area contributed by atoms with Crippen molar-refractivity contribution < 1.29 is 18.3 Å². The molecule has 1 aliphatic heterocycles. The van der Waals surface area contributed by atoms with E-state index < -0.39 is 16.1 Å². The van der Waals surface area contributed by atoms with Crippen molar-refractivity contribution in [3.8, 4) is 5.75 Å². The average Bonchev–Trinajstić information content (AvgIpc) is 2.79. The number of benzene rings is 2. The lowest BCUT2D eigenvalue weighted by atomic mass is 10.0. The van der Waals surface area contributed by atoms with Crippen molar-refractivity contribution in [2.24, 2.45) is 0 Å². The van der Waals surface area contributed by atoms with E-state index >= 15 is 0 Å². The predicted molar refractivity (Wildman–Crippen MR) is 124 cm³/mol. The van der Waals surface area contributed by atoms with Gasteiger partial charge in [-0.3, -0.25) is 9.71 Å². The number of ether oxygens (including phenoxy) is 1. The number of rotatable bonds is 8. The molecule has 2 unspecified atom stereocenters. The van der Waals surface area contributed by atoms with Crippen LogP contribution in [0, 0.1) is 0 Å². The Bertz CT molecular complexity index is 1160. The van der Waals surface area contributed by atoms with Crippen LogP contribution in [-0.4, -0.2) is 37.7 Å². The van der Waals surface area contributed by atoms with Gasteiger partial charge in [-0.2, -0.15) is 0 Å². The van der Waals surface area contributed by atoms with E-state index in [2.05, 4.69) is 15.0 Å². The number of aryl methyl sites for hydroxylation is 1. The third-order valence-electron chi connectivity index (χ3n) is 5.24. The summed E-state index contributed by atoms with van der Waals surface area (Å²) in [5, 5.41) is 13.9. The first-order valence-corrected chi connectivity index (χ1v) is 12.1. The normalized spacial score (nSPS) is 16.6. The molecule has 0 bridgehead atoms. The number of fused-ring (bicyclic) bond motifs is 1. The van der Waals surface area contributed by atoms with Crippen LogP contribution in [0.3, 0.4) is 0 Å². The summed E-state index contributed by atoms with van der Waals surface area (Å²) in [4.78, 5) is 4.17. The first-order valence-electron chi connectivity index (χ1n) is 10.3. The Kier molecular flexibility index (Phi) is 6.95. The van der Waals surface area contributed by atoms with E-state index in [9.17, 15) is 13.5 Å². The number of aliphatic hydroxyl groups is 1. The lowest BCUT2D eigenvalue weighted by Gasteiger charge is -2.27. The van der Waals surface area contributed by atoms with E-state index in [1.54, 1.807) is 48.8 Å². The maximum absolute atomic E-state index is 12.6. The lowest BCUT2D eigenvalue weighted by Crippen LogP contribution is -2.36. The molecule has 0 radical (unpaired) electrons. The molecule has 2 heterocycles. The Morgan fingerprint density at radius 1 is 1.19 bits per heavy atom. The quantitative estimate of drug-likeness (QED) is 0.462. The van der Waals surface area contributed by atoms with Crippen molar-refractivity contribution in [3.05, 3.63) is 83.1 Å². The van der Waals surface area contributed by atoms with Crippen LogP contribution in [-0.2, 0) is 16.4 Å². The lowest BCUT2D eigenvalue weighted by molar-refractivity contribution is 0.146. The number of halogens is 1. The van der Waals surface area contributed by atoms with Crippen LogP contribution >= 0.6 is 11.6 Å². The second kappa shape index (κ2) is 9.87. The SMILES string of the molecule is O=S(=O)(Nc1ccc2c(c1)CCC(CNCC(O)c1cccnc1)O2)c1ccc(Cl)cc1. The molecule has 7 nitrogen and oxygen atoms in total. The smallest absolute Gasteiger partial charge is 0.261 e. The van der Waals surface area contributed by atoms with Crippen molar-refractivity contribution in [1.29, 1.82) is 0 Å². The molecule has 2 aromatic carbocycles. The van der Waals surface area contributed by atoms with Gasteiger partial charge < -0.3 is 15.2 Å². The molecule has 9 heteroatoms. The topological polar surface area (TPSA) is 101 Å². The number of pyridine rings is 1. The van der Waals surface area contributed by atoms with Crippen molar-refractivity contribution in [3.63, 3.8) is 0 Å². The summed E-state index contributed by atoms with van der Waals surface area (Å²) >= 11 is 5.84. The van der Waals surface area contributed by atoms with Crippen molar-refractivity contribution in [2.75, 3.05) is 17.8 Å². The zero-order valence-corrected chi connectivity index (χ0v) is 18.8. The monoisotopic (exact) mass is 473 g/mol. The van der Waals surface area contributed by atoms with Gasteiger partial charge in [0, 0.05) is 41.8 Å². The summed E-state index contributed by atoms with van der Waals surface area (Å²) in [6.45, 7) is 1.01. The van der Waals surface area contributed by atoms with Crippen molar-refractivity contribution in [1.82, 2.24) is 10.3 Å². The first kappa shape index (κ1) is 22.5. The molecule has 0 fully saturated rings. The third kappa shape index (κ3) is 5.58. The number of aliphatic hydroxyl groups excluding tert-OH is 1. The van der Waals surface area contributed by atoms with E-state index in [0.717, 1.165) is 29.7 Å². The Morgan fingerprint density at radius 3 is 2.75 bits per heavy atom. The molecule has 1 aromatic heterocycles. The number of nitrogens with zero attached hydrogens (tertiary/aromatic N) is 1. The molecule has 0 saturated heterocycles. The fraction of sp³-hybridized carbons (Fsp3) is 0.261. The largest absolute Gasteiger partial charge is 0.489 e. The second-order valence-electron chi connectivity index (χ2n) is 7.62. The molecule has 0 spiro atoms. The molecule has 4 rings (SSSR count). The first-order chi connectivity index (χ1) is 15.4. The molecular formula is C23H24ClN3O4S. The number of aromatic nitrogens is 1. The van der Waals surface area contributed by atoms with E-state index in [-0.39, 0.29) is 11.0 Å². The van der Waals surface area contributed by atoms with Crippen LogP contribution in [0.2, 0.25) is 5.02 Å². The standard InChI is InChI=1S/C23H24ClN3O4S/c24-18-4-8-21(9-5-18)32(29,30)27-19-6-10-23-16(12-19)3-7-20(31-23)14-26-15-22(28)17-2-1-11-25-13-17/h1-2,4-6,8-13,20,22,26-28H,3,7,14-15H2. The molecule has 32 heavy (non-hydrogen) atoms. The highest BCUT2D eigenvalue weighted by atomic mass is 35.5. The minimum absolute atomic E-state index is 0.0276. The van der Waals surface area contributed by atoms with Crippen LogP contribution in [0.4, 0.5) is 5.69 Å². The fourth-order valence-electron chi connectivity index (χ4n) is 3.55. The van der Waals surface area contributed by atoms with Gasteiger partial charge in [0.15, 0.2) is 0 Å². The maximum Gasteiger partial charge on any atom is 0.261 e. The van der Waals surface area contributed by atoms with Gasteiger partial charge in [-0.25, -0.2) is 8.42 Å². The summed E-state index contributed by atoms with van der Waals surface area (Å²) < 4.78 is 33.8. The van der Waals surface area contributed by atoms with Crippen molar-refractivity contribution in [2.45, 2.75) is 29.9 Å². The number of hydrogen-bond donors (Lipinski definition) is 3. The van der Waals surface area contributed by atoms with Gasteiger partial charge in [0.2, 0.25) is 0 Å². The number of hydrogen-bond acceptors (Lipinski definition) is 6. The molecule has 0 aliphatic carbocycles. The minimum atomic E-state index is -3.70. The van der Waals surface area contributed by atoms with E-state index in [4.69, 9.17) is 16.3 Å². The Balaban J connectivity index is 1.32. The van der Waals surface area contributed by atoms with Crippen LogP contribution in [0.1, 0.15) is 23.7 Å². The Labute approximate surface area is 192 Å². The maximum atomic E-state index is 12.6. The number of anilines is 1. The second-order valence-corrected chi connectivity index (χ2v) is 9.74. The molecule has 168 valence electrons. The van der Waals surface area contributed by atoms with Crippen LogP contribution in [0.15, 0.2) is 71.9 Å². The molecule has 3 N–H and O–H groups in total. The van der Waals surface area contributed by atoms with Gasteiger partial charge >= 0.3 is 0 Å². The number of nitrogens with one attached hydrogen (secondary N) is 2. The van der Waals surface area contributed by atoms with Gasteiger partial charge in [0.1, 0.15) is 11.9 Å². The predicted octanol–water partition coefficient (Wildman–Crippen LogP) is 3.55. The number of sulfonamides is 1. The molecular weight excluding hydrogens is 450 g/mol. The van der Waals surface area contributed by atoms with Crippen LogP contribution in [0.5, 0.6) is 5.75 Å². The average molecular weight is 474 g/mol. The Hall–Kier alpha value is -2.65. The molecule has 2 atom stereocenters. The highest BCUT2D eigenvalue weighted by Gasteiger charge is 2.21. The van der Waals surface area contributed by atoms with Gasteiger partial charge in [-0.1, -0.05) is 17.7 Å². The minimum Gasteiger partial charge on any atom is -0.489 e. The van der Waals surface area contributed by atoms with E-state index in [1.807, 2.05) is 6.07 Å². The summed E-state index contributed by atoms with van der Waals surface area (Å²) in [6, 6.07) is 14.9.